The van der Waals surface area contributed by atoms with Crippen molar-refractivity contribution in [1.29, 1.82) is 0 Å². The van der Waals surface area contributed by atoms with Gasteiger partial charge in [-0.05, 0) is 82.6 Å². The lowest BCUT2D eigenvalue weighted by atomic mass is 10.0. The first kappa shape index (κ1) is 33.5. The van der Waals surface area contributed by atoms with E-state index in [1.807, 2.05) is 78.9 Å². The fraction of sp³-hybridized carbons (Fsp3) is 0.200. The van der Waals surface area contributed by atoms with Crippen LogP contribution in [-0.2, 0) is 35.3 Å². The number of ether oxygens (including phenoxy) is 1. The molecule has 0 bridgehead atoms. The summed E-state index contributed by atoms with van der Waals surface area (Å²) in [5, 5.41) is 3.10. The minimum atomic E-state index is -4.41. The van der Waals surface area contributed by atoms with Gasteiger partial charge in [-0.25, -0.2) is 0 Å². The number of fused-ring (bicyclic) bond motifs is 1. The van der Waals surface area contributed by atoms with Crippen LogP contribution in [-0.4, -0.2) is 11.8 Å². The normalized spacial score (nSPS) is 13.8. The second kappa shape index (κ2) is 14.8. The number of carbonyl (C=O) groups is 2. The van der Waals surface area contributed by atoms with Gasteiger partial charge in [0.25, 0.3) is 0 Å². The van der Waals surface area contributed by atoms with Gasteiger partial charge in [0, 0.05) is 19.4 Å². The number of benzene rings is 5. The monoisotopic (exact) mass is 663 g/mol. The second-order valence-corrected chi connectivity index (χ2v) is 12.0. The average Bonchev–Trinajstić information content (AvgIpc) is 3.52. The van der Waals surface area contributed by atoms with Crippen molar-refractivity contribution >= 4 is 17.5 Å². The Labute approximate surface area is 283 Å². The number of nitrogens with zero attached hydrogens (tertiary/aromatic N) is 1. The number of para-hydroxylation sites is 2. The molecule has 1 aliphatic carbocycles. The van der Waals surface area contributed by atoms with Crippen LogP contribution in [0, 0.1) is 0 Å². The molecule has 5 aromatic carbocycles. The third-order valence-electron chi connectivity index (χ3n) is 8.69. The molecule has 0 radical (unpaired) electrons. The fourth-order valence-corrected chi connectivity index (χ4v) is 6.10. The molecule has 2 amide bonds. The summed E-state index contributed by atoms with van der Waals surface area (Å²) in [7, 11) is 0. The first-order valence-electron chi connectivity index (χ1n) is 16.2. The number of anilines is 1. The molecular weight excluding hydrogens is 627 g/mol. The number of hydrogen-bond acceptors (Lipinski definition) is 4. The first-order valence-corrected chi connectivity index (χ1v) is 16.2. The number of nitrogens with two attached hydrogens (primary N) is 1. The predicted molar refractivity (Wildman–Crippen MR) is 184 cm³/mol. The van der Waals surface area contributed by atoms with E-state index >= 15 is 0 Å². The van der Waals surface area contributed by atoms with Gasteiger partial charge in [-0.2, -0.15) is 13.2 Å². The van der Waals surface area contributed by atoms with Gasteiger partial charge in [0.15, 0.2) is 5.75 Å². The second-order valence-electron chi connectivity index (χ2n) is 12.0. The maximum atomic E-state index is 14.0. The number of halogens is 3. The van der Waals surface area contributed by atoms with Crippen molar-refractivity contribution in [3.8, 4) is 22.6 Å². The van der Waals surface area contributed by atoms with Crippen LogP contribution >= 0.6 is 0 Å². The Balaban J connectivity index is 1.22. The summed E-state index contributed by atoms with van der Waals surface area (Å²) in [4.78, 5) is 28.6. The molecular formula is C40H36F3N3O3. The van der Waals surface area contributed by atoms with Crippen molar-refractivity contribution in [3.63, 3.8) is 0 Å². The van der Waals surface area contributed by atoms with Crippen LogP contribution in [0.15, 0.2) is 121 Å². The van der Waals surface area contributed by atoms with Crippen molar-refractivity contribution in [2.75, 3.05) is 4.90 Å². The molecule has 1 atom stereocenters. The van der Waals surface area contributed by atoms with E-state index in [9.17, 15) is 22.8 Å². The average molecular weight is 664 g/mol. The van der Waals surface area contributed by atoms with E-state index < -0.39 is 11.7 Å². The fourth-order valence-electron chi connectivity index (χ4n) is 6.10. The molecule has 1 unspecified atom stereocenters. The lowest BCUT2D eigenvalue weighted by Crippen LogP contribution is -2.33. The van der Waals surface area contributed by atoms with E-state index in [0.717, 1.165) is 47.2 Å². The minimum absolute atomic E-state index is 0.0163. The number of carbonyl (C=O) groups excluding carboxylic acids is 2. The van der Waals surface area contributed by atoms with Crippen molar-refractivity contribution < 1.29 is 27.5 Å². The summed E-state index contributed by atoms with van der Waals surface area (Å²) in [5.41, 5.74) is 11.1. The smallest absolute Gasteiger partial charge is 0.416 e. The number of nitrogens with one attached hydrogen (secondary N) is 1. The van der Waals surface area contributed by atoms with Gasteiger partial charge in [-0.15, -0.1) is 0 Å². The molecule has 1 aliphatic rings. The summed E-state index contributed by atoms with van der Waals surface area (Å²) in [6.07, 6.45) is -2.70. The molecule has 0 heterocycles. The lowest BCUT2D eigenvalue weighted by Gasteiger charge is -2.26. The van der Waals surface area contributed by atoms with Crippen LogP contribution in [0.4, 0.5) is 18.9 Å². The van der Waals surface area contributed by atoms with E-state index in [1.54, 1.807) is 17.0 Å². The number of aryl methyl sites for hydroxylation is 1. The quantitative estimate of drug-likeness (QED) is 0.148. The number of rotatable bonds is 11. The molecule has 6 rings (SSSR count). The van der Waals surface area contributed by atoms with E-state index in [1.165, 1.54) is 17.7 Å². The Morgan fingerprint density at radius 2 is 1.49 bits per heavy atom. The molecule has 6 nitrogen and oxygen atoms in total. The largest absolute Gasteiger partial charge is 0.455 e. The third kappa shape index (κ3) is 8.18. The molecule has 250 valence electrons. The number of amides is 2. The van der Waals surface area contributed by atoms with Gasteiger partial charge in [-0.3, -0.25) is 9.59 Å². The van der Waals surface area contributed by atoms with E-state index in [2.05, 4.69) is 11.4 Å². The molecule has 49 heavy (non-hydrogen) atoms. The molecule has 0 spiro atoms. The van der Waals surface area contributed by atoms with Gasteiger partial charge < -0.3 is 20.7 Å². The summed E-state index contributed by atoms with van der Waals surface area (Å²) < 4.78 is 45.5. The standard InChI is InChI=1S/C40H36F3N3O3/c41-40(42,43)32-19-16-30(17-20-32)29-14-12-27(13-15-29)26-46(36-10-3-4-11-37(36)49-33-8-5-6-28(24-33)25-44)39(48)23-22-38(47)45-35-21-18-31-7-1-2-9-34(31)35/h1-17,19-20,24,35H,18,21-23,25-26,44H2,(H,45,47). The summed E-state index contributed by atoms with van der Waals surface area (Å²) >= 11 is 0. The Morgan fingerprint density at radius 1 is 0.796 bits per heavy atom. The minimum Gasteiger partial charge on any atom is -0.455 e. The van der Waals surface area contributed by atoms with Crippen LogP contribution in [0.2, 0.25) is 0 Å². The Bertz CT molecular complexity index is 1920. The van der Waals surface area contributed by atoms with Gasteiger partial charge in [0.2, 0.25) is 11.8 Å². The molecule has 0 saturated carbocycles. The highest BCUT2D eigenvalue weighted by Gasteiger charge is 2.30. The highest BCUT2D eigenvalue weighted by atomic mass is 19.4. The lowest BCUT2D eigenvalue weighted by molar-refractivity contribution is -0.137. The van der Waals surface area contributed by atoms with Crippen molar-refractivity contribution in [2.45, 2.75) is 51.0 Å². The maximum Gasteiger partial charge on any atom is 0.416 e. The zero-order chi connectivity index (χ0) is 34.4. The van der Waals surface area contributed by atoms with Gasteiger partial charge in [0.1, 0.15) is 5.75 Å². The number of hydrogen-bond donors (Lipinski definition) is 2. The van der Waals surface area contributed by atoms with Gasteiger partial charge in [0.05, 0.1) is 23.8 Å². The molecule has 9 heteroatoms. The summed E-state index contributed by atoms with van der Waals surface area (Å²) in [6.45, 7) is 0.521. The molecule has 5 aromatic rings. The Morgan fingerprint density at radius 3 is 2.22 bits per heavy atom. The van der Waals surface area contributed by atoms with Crippen LogP contribution in [0.1, 0.15) is 53.1 Å². The number of alkyl halides is 3. The summed E-state index contributed by atoms with van der Waals surface area (Å²) in [5.74, 6) is 0.568. The summed E-state index contributed by atoms with van der Waals surface area (Å²) in [6, 6.07) is 34.9. The zero-order valence-electron chi connectivity index (χ0n) is 26.8. The molecule has 3 N–H and O–H groups in total. The highest BCUT2D eigenvalue weighted by Crippen LogP contribution is 2.35. The first-order chi connectivity index (χ1) is 23.7. The third-order valence-corrected chi connectivity index (χ3v) is 8.69. The van der Waals surface area contributed by atoms with Gasteiger partial charge >= 0.3 is 6.18 Å². The van der Waals surface area contributed by atoms with Gasteiger partial charge in [-0.1, -0.05) is 84.9 Å². The topological polar surface area (TPSA) is 84.7 Å². The van der Waals surface area contributed by atoms with Crippen LogP contribution in [0.25, 0.3) is 11.1 Å². The SMILES string of the molecule is NCc1cccc(Oc2ccccc2N(Cc2ccc(-c3ccc(C(F)(F)F)cc3)cc2)C(=O)CCC(=O)NC2CCc3ccccc32)c1. The molecule has 0 saturated heterocycles. The van der Waals surface area contributed by atoms with Crippen molar-refractivity contribution in [2.24, 2.45) is 5.73 Å². The molecule has 0 aromatic heterocycles. The Hall–Kier alpha value is -5.41. The zero-order valence-corrected chi connectivity index (χ0v) is 26.8. The predicted octanol–water partition coefficient (Wildman–Crippen LogP) is 8.74. The molecule has 0 aliphatic heterocycles. The highest BCUT2D eigenvalue weighted by molar-refractivity contribution is 5.96. The van der Waals surface area contributed by atoms with Crippen LogP contribution in [0.3, 0.4) is 0 Å². The maximum absolute atomic E-state index is 14.0. The van der Waals surface area contributed by atoms with E-state index in [4.69, 9.17) is 10.5 Å². The van der Waals surface area contributed by atoms with Crippen molar-refractivity contribution in [1.82, 2.24) is 5.32 Å². The van der Waals surface area contributed by atoms with Crippen LogP contribution < -0.4 is 20.7 Å². The van der Waals surface area contributed by atoms with Crippen molar-refractivity contribution in [3.05, 3.63) is 149 Å². The molecule has 0 fully saturated rings. The Kier molecular flexibility index (Phi) is 10.1. The van der Waals surface area contributed by atoms with Crippen LogP contribution in [0.5, 0.6) is 11.5 Å². The van der Waals surface area contributed by atoms with E-state index in [0.29, 0.717) is 29.3 Å². The van der Waals surface area contributed by atoms with E-state index in [-0.39, 0.29) is 37.2 Å².